The fourth-order valence-corrected chi connectivity index (χ4v) is 3.49. The zero-order valence-corrected chi connectivity index (χ0v) is 15.7. The van der Waals surface area contributed by atoms with Crippen molar-refractivity contribution in [1.29, 1.82) is 0 Å². The molecule has 4 nitrogen and oxygen atoms in total. The van der Waals surface area contributed by atoms with Crippen molar-refractivity contribution in [2.24, 2.45) is 0 Å². The van der Waals surface area contributed by atoms with Gasteiger partial charge in [0.15, 0.2) is 0 Å². The summed E-state index contributed by atoms with van der Waals surface area (Å²) in [6, 6.07) is 20.9. The maximum absolute atomic E-state index is 5.90. The Balaban J connectivity index is 1.37. The fourth-order valence-electron chi connectivity index (χ4n) is 3.49. The van der Waals surface area contributed by atoms with E-state index in [1.54, 1.807) is 0 Å². The van der Waals surface area contributed by atoms with E-state index in [9.17, 15) is 0 Å². The molecule has 4 heteroatoms. The van der Waals surface area contributed by atoms with Crippen LogP contribution in [0.15, 0.2) is 73.1 Å². The molecule has 1 saturated heterocycles. The van der Waals surface area contributed by atoms with Crippen molar-refractivity contribution in [3.63, 3.8) is 0 Å². The average molecular weight is 359 g/mol. The molecular formula is C23H25N3O. The topological polar surface area (TPSA) is 28.6 Å². The van der Waals surface area contributed by atoms with Gasteiger partial charge in [-0.05, 0) is 54.4 Å². The Hall–Kier alpha value is -3.01. The van der Waals surface area contributed by atoms with Crippen LogP contribution in [0.1, 0.15) is 11.1 Å². The van der Waals surface area contributed by atoms with Crippen LogP contribution in [-0.4, -0.2) is 31.2 Å². The molecule has 0 atom stereocenters. The number of hydrogen-bond donors (Lipinski definition) is 0. The number of para-hydroxylation sites is 1. The number of piperazine rings is 1. The number of benzene rings is 2. The van der Waals surface area contributed by atoms with Crippen LogP contribution >= 0.6 is 0 Å². The maximum Gasteiger partial charge on any atom is 0.119 e. The van der Waals surface area contributed by atoms with Gasteiger partial charge in [-0.25, -0.2) is 0 Å². The van der Waals surface area contributed by atoms with Crippen molar-refractivity contribution in [3.05, 3.63) is 84.2 Å². The van der Waals surface area contributed by atoms with Crippen molar-refractivity contribution in [1.82, 2.24) is 4.98 Å². The minimum absolute atomic E-state index is 0.603. The van der Waals surface area contributed by atoms with E-state index < -0.39 is 0 Å². The third-order valence-electron chi connectivity index (χ3n) is 5.14. The fraction of sp³-hybridized carbons (Fsp3) is 0.261. The van der Waals surface area contributed by atoms with Gasteiger partial charge in [0.2, 0.25) is 0 Å². The second-order valence-electron chi connectivity index (χ2n) is 6.89. The number of anilines is 2. The summed E-state index contributed by atoms with van der Waals surface area (Å²) in [5, 5.41) is 0. The molecule has 2 heterocycles. The SMILES string of the molecule is Cc1cc(N2CCN(c3ccncc3)CC2)ccc1COc1ccccc1. The van der Waals surface area contributed by atoms with E-state index in [2.05, 4.69) is 52.0 Å². The van der Waals surface area contributed by atoms with Crippen LogP contribution in [0.3, 0.4) is 0 Å². The summed E-state index contributed by atoms with van der Waals surface area (Å²) in [5.41, 5.74) is 5.07. The molecule has 0 aliphatic carbocycles. The van der Waals surface area contributed by atoms with Gasteiger partial charge in [-0.15, -0.1) is 0 Å². The average Bonchev–Trinajstić information content (AvgIpc) is 2.74. The highest BCUT2D eigenvalue weighted by molar-refractivity contribution is 5.53. The summed E-state index contributed by atoms with van der Waals surface area (Å²) in [5.74, 6) is 0.910. The number of pyridine rings is 1. The van der Waals surface area contributed by atoms with Crippen LogP contribution in [-0.2, 0) is 6.61 Å². The van der Waals surface area contributed by atoms with Gasteiger partial charge in [0.25, 0.3) is 0 Å². The molecular weight excluding hydrogens is 334 g/mol. The first-order chi connectivity index (χ1) is 13.3. The summed E-state index contributed by atoms with van der Waals surface area (Å²) in [6.45, 7) is 6.89. The lowest BCUT2D eigenvalue weighted by Crippen LogP contribution is -2.46. The molecule has 2 aromatic carbocycles. The number of nitrogens with zero attached hydrogens (tertiary/aromatic N) is 3. The molecule has 0 spiro atoms. The molecule has 1 aliphatic rings. The Morgan fingerprint density at radius 2 is 1.48 bits per heavy atom. The van der Waals surface area contributed by atoms with Crippen LogP contribution in [0.2, 0.25) is 0 Å². The van der Waals surface area contributed by atoms with E-state index in [1.165, 1.54) is 22.5 Å². The Morgan fingerprint density at radius 3 is 2.15 bits per heavy atom. The molecule has 0 amide bonds. The van der Waals surface area contributed by atoms with E-state index >= 15 is 0 Å². The van der Waals surface area contributed by atoms with Crippen molar-refractivity contribution < 1.29 is 4.74 Å². The molecule has 1 aromatic heterocycles. The summed E-state index contributed by atoms with van der Waals surface area (Å²) in [6.07, 6.45) is 3.72. The van der Waals surface area contributed by atoms with E-state index in [1.807, 2.05) is 42.7 Å². The molecule has 138 valence electrons. The Bertz CT molecular complexity index is 859. The zero-order chi connectivity index (χ0) is 18.5. The first-order valence-corrected chi connectivity index (χ1v) is 9.47. The van der Waals surface area contributed by atoms with Crippen LogP contribution in [0.5, 0.6) is 5.75 Å². The molecule has 0 unspecified atom stereocenters. The second kappa shape index (κ2) is 8.12. The van der Waals surface area contributed by atoms with Gasteiger partial charge in [0, 0.05) is 49.9 Å². The summed E-state index contributed by atoms with van der Waals surface area (Å²) < 4.78 is 5.90. The number of rotatable bonds is 5. The van der Waals surface area contributed by atoms with Gasteiger partial charge in [-0.2, -0.15) is 0 Å². The van der Waals surface area contributed by atoms with E-state index in [-0.39, 0.29) is 0 Å². The van der Waals surface area contributed by atoms with E-state index in [0.717, 1.165) is 31.9 Å². The molecule has 0 radical (unpaired) electrons. The highest BCUT2D eigenvalue weighted by Gasteiger charge is 2.18. The maximum atomic E-state index is 5.90. The summed E-state index contributed by atoms with van der Waals surface area (Å²) >= 11 is 0. The number of ether oxygens (including phenoxy) is 1. The van der Waals surface area contributed by atoms with Crippen LogP contribution in [0.25, 0.3) is 0 Å². The first-order valence-electron chi connectivity index (χ1n) is 9.47. The van der Waals surface area contributed by atoms with Crippen LogP contribution in [0.4, 0.5) is 11.4 Å². The minimum atomic E-state index is 0.603. The quantitative estimate of drug-likeness (QED) is 0.679. The van der Waals surface area contributed by atoms with Gasteiger partial charge in [-0.1, -0.05) is 24.3 Å². The predicted octanol–water partition coefficient (Wildman–Crippen LogP) is 4.30. The highest BCUT2D eigenvalue weighted by atomic mass is 16.5. The molecule has 1 fully saturated rings. The van der Waals surface area contributed by atoms with Gasteiger partial charge in [0.1, 0.15) is 12.4 Å². The minimum Gasteiger partial charge on any atom is -0.489 e. The summed E-state index contributed by atoms with van der Waals surface area (Å²) in [7, 11) is 0. The lowest BCUT2D eigenvalue weighted by atomic mass is 10.1. The Morgan fingerprint density at radius 1 is 0.815 bits per heavy atom. The molecule has 4 rings (SSSR count). The van der Waals surface area contributed by atoms with Gasteiger partial charge in [0.05, 0.1) is 0 Å². The second-order valence-corrected chi connectivity index (χ2v) is 6.89. The van der Waals surface area contributed by atoms with Gasteiger partial charge < -0.3 is 14.5 Å². The lowest BCUT2D eigenvalue weighted by Gasteiger charge is -2.37. The van der Waals surface area contributed by atoms with Crippen molar-refractivity contribution >= 4 is 11.4 Å². The van der Waals surface area contributed by atoms with Crippen molar-refractivity contribution in [2.45, 2.75) is 13.5 Å². The van der Waals surface area contributed by atoms with Gasteiger partial charge >= 0.3 is 0 Å². The largest absolute Gasteiger partial charge is 0.489 e. The van der Waals surface area contributed by atoms with Crippen LogP contribution in [0, 0.1) is 6.92 Å². The molecule has 3 aromatic rings. The monoisotopic (exact) mass is 359 g/mol. The predicted molar refractivity (Wildman–Crippen MR) is 111 cm³/mol. The Labute approximate surface area is 161 Å². The van der Waals surface area contributed by atoms with Gasteiger partial charge in [-0.3, -0.25) is 4.98 Å². The standard InChI is InChI=1S/C23H25N3O/c1-19-17-22(8-7-20(19)18-27-23-5-3-2-4-6-23)26-15-13-25(14-16-26)21-9-11-24-12-10-21/h2-12,17H,13-16,18H2,1H3. The van der Waals surface area contributed by atoms with Crippen molar-refractivity contribution in [3.8, 4) is 5.75 Å². The lowest BCUT2D eigenvalue weighted by molar-refractivity contribution is 0.305. The van der Waals surface area contributed by atoms with E-state index in [0.29, 0.717) is 6.61 Å². The van der Waals surface area contributed by atoms with E-state index in [4.69, 9.17) is 4.74 Å². The zero-order valence-electron chi connectivity index (χ0n) is 15.7. The highest BCUT2D eigenvalue weighted by Crippen LogP contribution is 2.23. The van der Waals surface area contributed by atoms with Crippen molar-refractivity contribution in [2.75, 3.05) is 36.0 Å². The smallest absolute Gasteiger partial charge is 0.119 e. The van der Waals surface area contributed by atoms with Crippen LogP contribution < -0.4 is 14.5 Å². The molecule has 27 heavy (non-hydrogen) atoms. The molecule has 0 N–H and O–H groups in total. The number of aromatic nitrogens is 1. The molecule has 0 bridgehead atoms. The number of aryl methyl sites for hydroxylation is 1. The third-order valence-corrected chi connectivity index (χ3v) is 5.14. The Kier molecular flexibility index (Phi) is 5.24. The normalized spacial score (nSPS) is 14.3. The third kappa shape index (κ3) is 4.22. The summed E-state index contributed by atoms with van der Waals surface area (Å²) in [4.78, 5) is 9.00. The number of hydrogen-bond acceptors (Lipinski definition) is 4. The molecule has 0 saturated carbocycles. The molecule has 1 aliphatic heterocycles. The first kappa shape index (κ1) is 17.4.